The summed E-state index contributed by atoms with van der Waals surface area (Å²) >= 11 is 0. The zero-order chi connectivity index (χ0) is 18.5. The molecule has 0 N–H and O–H groups in total. The number of carbonyl (C=O) groups is 2. The molecule has 3 rings (SSSR count). The van der Waals surface area contributed by atoms with Crippen molar-refractivity contribution in [1.29, 1.82) is 0 Å². The van der Waals surface area contributed by atoms with Gasteiger partial charge in [-0.25, -0.2) is 4.79 Å². The number of methoxy groups -OCH3 is 1. The zero-order valence-corrected chi connectivity index (χ0v) is 15.1. The van der Waals surface area contributed by atoms with E-state index in [4.69, 9.17) is 4.74 Å². The van der Waals surface area contributed by atoms with Crippen LogP contribution in [-0.4, -0.2) is 43.8 Å². The second-order valence-electron chi connectivity index (χ2n) is 6.30. The lowest BCUT2D eigenvalue weighted by Crippen LogP contribution is -2.37. The number of fused-ring (bicyclic) bond motifs is 3. The standard InChI is InChI=1S/C21H23NO4/c1-3-12-22(13-20(23)25-2)21(24)26-14-19-17-10-6-4-8-15(17)16-9-5-7-11-18(16)19/h4-11,19H,3,12-14H2,1-2H3. The third-order valence-corrected chi connectivity index (χ3v) is 4.64. The Morgan fingerprint density at radius 2 is 1.58 bits per heavy atom. The van der Waals surface area contributed by atoms with Gasteiger partial charge in [-0.05, 0) is 28.7 Å². The van der Waals surface area contributed by atoms with Crippen molar-refractivity contribution in [2.24, 2.45) is 0 Å². The minimum atomic E-state index is -0.487. The molecular formula is C21H23NO4. The fraction of sp³-hybridized carbons (Fsp3) is 0.333. The number of rotatable bonds is 6. The highest BCUT2D eigenvalue weighted by Crippen LogP contribution is 2.44. The van der Waals surface area contributed by atoms with Gasteiger partial charge in [0.05, 0.1) is 7.11 Å². The van der Waals surface area contributed by atoms with Gasteiger partial charge in [-0.3, -0.25) is 9.69 Å². The monoisotopic (exact) mass is 353 g/mol. The summed E-state index contributed by atoms with van der Waals surface area (Å²) in [5, 5.41) is 0. The molecule has 5 heteroatoms. The molecule has 0 heterocycles. The maximum absolute atomic E-state index is 12.5. The first-order valence-electron chi connectivity index (χ1n) is 8.82. The first-order valence-corrected chi connectivity index (χ1v) is 8.82. The van der Waals surface area contributed by atoms with E-state index < -0.39 is 12.1 Å². The van der Waals surface area contributed by atoms with Crippen molar-refractivity contribution >= 4 is 12.1 Å². The van der Waals surface area contributed by atoms with Crippen LogP contribution in [-0.2, 0) is 14.3 Å². The van der Waals surface area contributed by atoms with Gasteiger partial charge in [-0.1, -0.05) is 55.5 Å². The second-order valence-corrected chi connectivity index (χ2v) is 6.30. The van der Waals surface area contributed by atoms with Crippen LogP contribution in [0.2, 0.25) is 0 Å². The van der Waals surface area contributed by atoms with Crippen molar-refractivity contribution < 1.29 is 19.1 Å². The highest BCUT2D eigenvalue weighted by atomic mass is 16.6. The van der Waals surface area contributed by atoms with Gasteiger partial charge < -0.3 is 9.47 Å². The molecule has 1 aliphatic carbocycles. The van der Waals surface area contributed by atoms with Crippen LogP contribution in [0.5, 0.6) is 0 Å². The Balaban J connectivity index is 1.74. The Labute approximate surface area is 153 Å². The Kier molecular flexibility index (Phi) is 5.56. The van der Waals surface area contributed by atoms with Crippen LogP contribution in [0.25, 0.3) is 11.1 Å². The van der Waals surface area contributed by atoms with Crippen molar-refractivity contribution in [3.63, 3.8) is 0 Å². The third kappa shape index (κ3) is 3.57. The highest BCUT2D eigenvalue weighted by Gasteiger charge is 2.29. The molecule has 0 unspecified atom stereocenters. The van der Waals surface area contributed by atoms with Gasteiger partial charge in [0.15, 0.2) is 0 Å². The van der Waals surface area contributed by atoms with Gasteiger partial charge >= 0.3 is 12.1 Å². The van der Waals surface area contributed by atoms with E-state index in [1.807, 2.05) is 31.2 Å². The van der Waals surface area contributed by atoms with Crippen LogP contribution < -0.4 is 0 Å². The normalized spacial score (nSPS) is 12.2. The molecule has 136 valence electrons. The molecule has 0 saturated heterocycles. The fourth-order valence-electron chi connectivity index (χ4n) is 3.41. The first-order chi connectivity index (χ1) is 12.7. The van der Waals surface area contributed by atoms with Crippen LogP contribution in [0.3, 0.4) is 0 Å². The topological polar surface area (TPSA) is 55.8 Å². The van der Waals surface area contributed by atoms with Crippen molar-refractivity contribution in [1.82, 2.24) is 4.90 Å². The van der Waals surface area contributed by atoms with Gasteiger partial charge in [0.25, 0.3) is 0 Å². The minimum Gasteiger partial charge on any atom is -0.468 e. The van der Waals surface area contributed by atoms with Gasteiger partial charge in [-0.15, -0.1) is 0 Å². The van der Waals surface area contributed by atoms with E-state index in [0.717, 1.165) is 17.5 Å². The number of carbonyl (C=O) groups excluding carboxylic acids is 2. The molecule has 0 fully saturated rings. The van der Waals surface area contributed by atoms with Crippen LogP contribution in [0, 0.1) is 0 Å². The third-order valence-electron chi connectivity index (χ3n) is 4.64. The van der Waals surface area contributed by atoms with E-state index in [9.17, 15) is 9.59 Å². The van der Waals surface area contributed by atoms with Crippen molar-refractivity contribution in [2.45, 2.75) is 19.3 Å². The number of benzene rings is 2. The van der Waals surface area contributed by atoms with Crippen LogP contribution in [0.15, 0.2) is 48.5 Å². The van der Waals surface area contributed by atoms with Gasteiger partial charge in [0.2, 0.25) is 0 Å². The summed E-state index contributed by atoms with van der Waals surface area (Å²) in [6.07, 6.45) is 0.250. The van der Waals surface area contributed by atoms with Crippen LogP contribution >= 0.6 is 0 Å². The summed E-state index contributed by atoms with van der Waals surface area (Å²) in [5.74, 6) is -0.445. The van der Waals surface area contributed by atoms with E-state index in [-0.39, 0.29) is 19.1 Å². The Hall–Kier alpha value is -2.82. The second kappa shape index (κ2) is 8.04. The molecule has 1 amide bonds. The summed E-state index contributed by atoms with van der Waals surface area (Å²) in [7, 11) is 1.31. The summed E-state index contributed by atoms with van der Waals surface area (Å²) in [6.45, 7) is 2.54. The smallest absolute Gasteiger partial charge is 0.410 e. The number of ether oxygens (including phenoxy) is 2. The molecule has 0 spiro atoms. The molecule has 5 nitrogen and oxygen atoms in total. The summed E-state index contributed by atoms with van der Waals surface area (Å²) < 4.78 is 10.2. The molecule has 2 aromatic rings. The highest BCUT2D eigenvalue weighted by molar-refractivity contribution is 5.80. The maximum atomic E-state index is 12.5. The number of hydrogen-bond acceptors (Lipinski definition) is 4. The molecule has 0 saturated carbocycles. The van der Waals surface area contributed by atoms with Crippen molar-refractivity contribution in [3.05, 3.63) is 59.7 Å². The number of hydrogen-bond donors (Lipinski definition) is 0. The van der Waals surface area contributed by atoms with Crippen molar-refractivity contribution in [3.8, 4) is 11.1 Å². The predicted octanol–water partition coefficient (Wildman–Crippen LogP) is 3.82. The largest absolute Gasteiger partial charge is 0.468 e. The molecule has 0 bridgehead atoms. The quantitative estimate of drug-likeness (QED) is 0.741. The van der Waals surface area contributed by atoms with Gasteiger partial charge in [0.1, 0.15) is 13.2 Å². The van der Waals surface area contributed by atoms with E-state index >= 15 is 0 Å². The molecule has 0 atom stereocenters. The number of nitrogens with zero attached hydrogens (tertiary/aromatic N) is 1. The number of amides is 1. The minimum absolute atomic E-state index is 0.00736. The lowest BCUT2D eigenvalue weighted by molar-refractivity contribution is -0.141. The molecule has 26 heavy (non-hydrogen) atoms. The summed E-state index contributed by atoms with van der Waals surface area (Å²) in [4.78, 5) is 25.4. The average Bonchev–Trinajstić information content (AvgIpc) is 2.99. The average molecular weight is 353 g/mol. The first kappa shape index (κ1) is 18.0. The van der Waals surface area contributed by atoms with Crippen LogP contribution in [0.4, 0.5) is 4.79 Å². The molecule has 2 aromatic carbocycles. The summed E-state index contributed by atoms with van der Waals surface area (Å²) in [6, 6.07) is 16.4. The Morgan fingerprint density at radius 1 is 1.00 bits per heavy atom. The Bertz CT molecular complexity index is 757. The molecule has 0 radical (unpaired) electrons. The van der Waals surface area contributed by atoms with E-state index in [1.165, 1.54) is 23.1 Å². The van der Waals surface area contributed by atoms with Crippen molar-refractivity contribution in [2.75, 3.05) is 26.8 Å². The molecule has 0 aliphatic heterocycles. The summed E-state index contributed by atoms with van der Waals surface area (Å²) in [5.41, 5.74) is 4.70. The van der Waals surface area contributed by atoms with E-state index in [2.05, 4.69) is 29.0 Å². The fourth-order valence-corrected chi connectivity index (χ4v) is 3.41. The Morgan fingerprint density at radius 3 is 2.12 bits per heavy atom. The number of esters is 1. The van der Waals surface area contributed by atoms with Crippen LogP contribution in [0.1, 0.15) is 30.4 Å². The molecule has 1 aliphatic rings. The maximum Gasteiger partial charge on any atom is 0.410 e. The molecule has 0 aromatic heterocycles. The lowest BCUT2D eigenvalue weighted by atomic mass is 9.98. The van der Waals surface area contributed by atoms with Gasteiger partial charge in [-0.2, -0.15) is 0 Å². The van der Waals surface area contributed by atoms with Gasteiger partial charge in [0, 0.05) is 12.5 Å². The van der Waals surface area contributed by atoms with E-state index in [0.29, 0.717) is 6.54 Å². The molecular weight excluding hydrogens is 330 g/mol. The lowest BCUT2D eigenvalue weighted by Gasteiger charge is -2.22. The predicted molar refractivity (Wildman–Crippen MR) is 98.9 cm³/mol. The SMILES string of the molecule is CCCN(CC(=O)OC)C(=O)OCC1c2ccccc2-c2ccccc21. The van der Waals surface area contributed by atoms with E-state index in [1.54, 1.807) is 0 Å². The zero-order valence-electron chi connectivity index (χ0n) is 15.1.